The Morgan fingerprint density at radius 1 is 1.23 bits per heavy atom. The maximum Gasteiger partial charge on any atom is 0.322 e. The van der Waals surface area contributed by atoms with Gasteiger partial charge in [-0.3, -0.25) is 0 Å². The van der Waals surface area contributed by atoms with E-state index in [1.807, 2.05) is 36.1 Å². The Balaban J connectivity index is 1.36. The minimum atomic E-state index is -0.253. The Bertz CT molecular complexity index is 1040. The molecule has 1 saturated heterocycles. The number of halogens is 1. The molecule has 31 heavy (non-hydrogen) atoms. The summed E-state index contributed by atoms with van der Waals surface area (Å²) in [6.07, 6.45) is 0.563. The molecule has 162 valence electrons. The summed E-state index contributed by atoms with van der Waals surface area (Å²) in [6.45, 7) is 3.95. The molecule has 4 rings (SSSR count). The first kappa shape index (κ1) is 21.0. The molecule has 1 unspecified atom stereocenters. The highest BCUT2D eigenvalue weighted by Crippen LogP contribution is 2.26. The molecule has 1 N–H and O–H groups in total. The van der Waals surface area contributed by atoms with Crippen LogP contribution in [0.3, 0.4) is 0 Å². The van der Waals surface area contributed by atoms with Crippen molar-refractivity contribution in [3.05, 3.63) is 65.7 Å². The zero-order chi connectivity index (χ0) is 21.8. The summed E-state index contributed by atoms with van der Waals surface area (Å²) in [5.41, 5.74) is 1.62. The summed E-state index contributed by atoms with van der Waals surface area (Å²) in [4.78, 5) is 21.4. The van der Waals surface area contributed by atoms with Crippen molar-refractivity contribution in [3.8, 4) is 5.75 Å². The number of carbonyl (C=O) groups is 1. The number of benzene rings is 2. The van der Waals surface area contributed by atoms with Crippen molar-refractivity contribution < 1.29 is 13.9 Å². The second-order valence-electron chi connectivity index (χ2n) is 7.42. The van der Waals surface area contributed by atoms with Crippen LogP contribution in [0.5, 0.6) is 5.75 Å². The highest BCUT2D eigenvalue weighted by atomic mass is 32.1. The second-order valence-corrected chi connectivity index (χ2v) is 8.15. The molecule has 3 aromatic rings. The maximum absolute atomic E-state index is 13.1. The summed E-state index contributed by atoms with van der Waals surface area (Å²) in [5, 5.41) is 3.78. The standard InChI is InChI=1S/C22H24FN5O2S/c1-15-14-27(22-25-20(26-31-22)13-16-7-9-17(23)10-8-16)11-12-28(15)21(29)24-18-5-3-4-6-19(18)30-2/h3-10,15H,11-14H2,1-2H3,(H,24,29). The minimum absolute atomic E-state index is 0.00732. The summed E-state index contributed by atoms with van der Waals surface area (Å²) >= 11 is 1.35. The zero-order valence-corrected chi connectivity index (χ0v) is 18.2. The fourth-order valence-corrected chi connectivity index (χ4v) is 4.32. The van der Waals surface area contributed by atoms with Crippen LogP contribution in [0.2, 0.25) is 0 Å². The average molecular weight is 442 g/mol. The molecule has 9 heteroatoms. The van der Waals surface area contributed by atoms with Gasteiger partial charge >= 0.3 is 6.03 Å². The van der Waals surface area contributed by atoms with Crippen LogP contribution in [-0.4, -0.2) is 53.1 Å². The van der Waals surface area contributed by atoms with E-state index in [9.17, 15) is 9.18 Å². The number of aromatic nitrogens is 2. The molecular formula is C22H24FN5O2S. The van der Waals surface area contributed by atoms with Crippen LogP contribution in [0.25, 0.3) is 0 Å². The summed E-state index contributed by atoms with van der Waals surface area (Å²) in [5.74, 6) is 1.09. The lowest BCUT2D eigenvalue weighted by molar-refractivity contribution is 0.184. The van der Waals surface area contributed by atoms with E-state index in [-0.39, 0.29) is 17.9 Å². The number of urea groups is 1. The van der Waals surface area contributed by atoms with Crippen molar-refractivity contribution in [2.24, 2.45) is 0 Å². The normalized spacial score (nSPS) is 16.3. The van der Waals surface area contributed by atoms with Crippen LogP contribution >= 0.6 is 11.5 Å². The van der Waals surface area contributed by atoms with E-state index in [0.717, 1.165) is 16.5 Å². The molecule has 2 heterocycles. The quantitative estimate of drug-likeness (QED) is 0.648. The van der Waals surface area contributed by atoms with Crippen LogP contribution in [0.1, 0.15) is 18.3 Å². The number of hydrogen-bond acceptors (Lipinski definition) is 6. The molecule has 1 fully saturated rings. The van der Waals surface area contributed by atoms with Crippen molar-refractivity contribution >= 4 is 28.4 Å². The highest BCUT2D eigenvalue weighted by molar-refractivity contribution is 7.09. The number of ether oxygens (including phenoxy) is 1. The first-order chi connectivity index (χ1) is 15.0. The van der Waals surface area contributed by atoms with E-state index in [1.54, 1.807) is 19.2 Å². The van der Waals surface area contributed by atoms with Gasteiger partial charge in [-0.15, -0.1) is 0 Å². The lowest BCUT2D eigenvalue weighted by Gasteiger charge is -2.39. The van der Waals surface area contributed by atoms with Crippen LogP contribution in [0, 0.1) is 5.82 Å². The number of piperazine rings is 1. The Kier molecular flexibility index (Phi) is 6.31. The Hall–Kier alpha value is -3.20. The van der Waals surface area contributed by atoms with Gasteiger partial charge in [0.05, 0.1) is 12.8 Å². The van der Waals surface area contributed by atoms with Crippen molar-refractivity contribution in [2.45, 2.75) is 19.4 Å². The van der Waals surface area contributed by atoms with E-state index in [0.29, 0.717) is 37.5 Å². The Morgan fingerprint density at radius 3 is 2.74 bits per heavy atom. The van der Waals surface area contributed by atoms with Gasteiger partial charge in [0.15, 0.2) is 0 Å². The van der Waals surface area contributed by atoms with Gasteiger partial charge in [0.1, 0.15) is 17.4 Å². The summed E-state index contributed by atoms with van der Waals surface area (Å²) in [7, 11) is 1.58. The third-order valence-corrected chi connectivity index (χ3v) is 6.06. The third-order valence-electron chi connectivity index (χ3n) is 5.24. The lowest BCUT2D eigenvalue weighted by Crippen LogP contribution is -2.55. The molecule has 0 spiro atoms. The number of anilines is 2. The number of hydrogen-bond donors (Lipinski definition) is 1. The molecule has 1 aromatic heterocycles. The number of rotatable bonds is 5. The van der Waals surface area contributed by atoms with Gasteiger partial charge in [-0.2, -0.15) is 4.37 Å². The minimum Gasteiger partial charge on any atom is -0.495 e. The molecule has 0 aliphatic carbocycles. The topological polar surface area (TPSA) is 70.6 Å². The Morgan fingerprint density at radius 2 is 2.00 bits per heavy atom. The van der Waals surface area contributed by atoms with Crippen molar-refractivity contribution in [2.75, 3.05) is 37.0 Å². The van der Waals surface area contributed by atoms with E-state index in [4.69, 9.17) is 4.74 Å². The smallest absolute Gasteiger partial charge is 0.322 e. The SMILES string of the molecule is COc1ccccc1NC(=O)N1CCN(c2nc(Cc3ccc(F)cc3)ns2)CC1C. The molecule has 2 aromatic carbocycles. The van der Waals surface area contributed by atoms with Crippen LogP contribution in [0.15, 0.2) is 48.5 Å². The van der Waals surface area contributed by atoms with Crippen molar-refractivity contribution in [1.29, 1.82) is 0 Å². The highest BCUT2D eigenvalue weighted by Gasteiger charge is 2.29. The van der Waals surface area contributed by atoms with Gasteiger partial charge in [-0.1, -0.05) is 24.3 Å². The molecule has 1 aliphatic heterocycles. The average Bonchev–Trinajstić information content (AvgIpc) is 3.24. The lowest BCUT2D eigenvalue weighted by atomic mass is 10.1. The van der Waals surface area contributed by atoms with E-state index in [2.05, 4.69) is 19.6 Å². The second kappa shape index (κ2) is 9.30. The molecule has 0 bridgehead atoms. The first-order valence-electron chi connectivity index (χ1n) is 10.1. The maximum atomic E-state index is 13.1. The molecule has 0 saturated carbocycles. The van der Waals surface area contributed by atoms with Crippen LogP contribution in [0.4, 0.5) is 20.0 Å². The van der Waals surface area contributed by atoms with Gasteiger partial charge in [-0.05, 0) is 36.8 Å². The number of methoxy groups -OCH3 is 1. The van der Waals surface area contributed by atoms with Gasteiger partial charge < -0.3 is 19.9 Å². The number of nitrogens with zero attached hydrogens (tertiary/aromatic N) is 4. The fourth-order valence-electron chi connectivity index (χ4n) is 3.60. The molecule has 2 amide bonds. The van der Waals surface area contributed by atoms with Gasteiger partial charge in [-0.25, -0.2) is 14.2 Å². The van der Waals surface area contributed by atoms with Gasteiger partial charge in [0, 0.05) is 43.6 Å². The monoisotopic (exact) mass is 441 g/mol. The van der Waals surface area contributed by atoms with E-state index in [1.165, 1.54) is 23.7 Å². The molecule has 7 nitrogen and oxygen atoms in total. The van der Waals surface area contributed by atoms with Gasteiger partial charge in [0.2, 0.25) is 5.13 Å². The fraction of sp³-hybridized carbons (Fsp3) is 0.318. The Labute approximate surface area is 184 Å². The third kappa shape index (κ3) is 4.93. The van der Waals surface area contributed by atoms with Crippen LogP contribution < -0.4 is 15.0 Å². The summed E-state index contributed by atoms with van der Waals surface area (Å²) in [6, 6.07) is 13.6. The molecule has 1 aliphatic rings. The predicted octanol–water partition coefficient (Wildman–Crippen LogP) is 4.02. The zero-order valence-electron chi connectivity index (χ0n) is 17.4. The van der Waals surface area contributed by atoms with Crippen LogP contribution in [-0.2, 0) is 6.42 Å². The predicted molar refractivity (Wildman–Crippen MR) is 120 cm³/mol. The number of para-hydroxylation sites is 2. The molecular weight excluding hydrogens is 417 g/mol. The van der Waals surface area contributed by atoms with E-state index >= 15 is 0 Å². The number of carbonyl (C=O) groups excluding carboxylic acids is 1. The summed E-state index contributed by atoms with van der Waals surface area (Å²) < 4.78 is 22.8. The number of amides is 2. The van der Waals surface area contributed by atoms with E-state index < -0.39 is 0 Å². The van der Waals surface area contributed by atoms with Crippen molar-refractivity contribution in [3.63, 3.8) is 0 Å². The first-order valence-corrected chi connectivity index (χ1v) is 10.8. The largest absolute Gasteiger partial charge is 0.495 e. The van der Waals surface area contributed by atoms with Crippen molar-refractivity contribution in [1.82, 2.24) is 14.3 Å². The molecule has 0 radical (unpaired) electrons. The number of nitrogens with one attached hydrogen (secondary N) is 1. The molecule has 1 atom stereocenters. The van der Waals surface area contributed by atoms with Gasteiger partial charge in [0.25, 0.3) is 0 Å².